The second-order valence-electron chi connectivity index (χ2n) is 5.15. The molecule has 0 fully saturated rings. The van der Waals surface area contributed by atoms with Gasteiger partial charge >= 0.3 is 5.97 Å². The van der Waals surface area contributed by atoms with Gasteiger partial charge < -0.3 is 5.11 Å². The molecule has 2 aromatic rings. The van der Waals surface area contributed by atoms with Crippen LogP contribution in [0.25, 0.3) is 0 Å². The van der Waals surface area contributed by atoms with Crippen LogP contribution in [0.1, 0.15) is 28.2 Å². The monoisotopic (exact) mass is 272 g/mol. The van der Waals surface area contributed by atoms with Gasteiger partial charge in [0.15, 0.2) is 0 Å². The predicted octanol–water partition coefficient (Wildman–Crippen LogP) is 3.85. The van der Waals surface area contributed by atoms with Gasteiger partial charge in [0.25, 0.3) is 0 Å². The average Bonchev–Trinajstić information content (AvgIpc) is 2.34. The van der Waals surface area contributed by atoms with Gasteiger partial charge in [-0.15, -0.1) is 0 Å². The topological polar surface area (TPSA) is 37.3 Å². The Bertz CT molecular complexity index is 614. The van der Waals surface area contributed by atoms with Crippen molar-refractivity contribution in [3.8, 4) is 0 Å². The summed E-state index contributed by atoms with van der Waals surface area (Å²) in [6, 6.07) is 11.8. The maximum Gasteiger partial charge on any atom is 0.311 e. The average molecular weight is 272 g/mol. The molecule has 0 aliphatic rings. The van der Waals surface area contributed by atoms with Crippen LogP contribution < -0.4 is 0 Å². The van der Waals surface area contributed by atoms with Crippen molar-refractivity contribution in [3.63, 3.8) is 0 Å². The van der Waals surface area contributed by atoms with Gasteiger partial charge in [0.1, 0.15) is 5.82 Å². The molecule has 0 radical (unpaired) electrons. The van der Waals surface area contributed by atoms with Crippen molar-refractivity contribution >= 4 is 5.97 Å². The second-order valence-corrected chi connectivity index (χ2v) is 5.15. The number of halogens is 1. The molecule has 1 atom stereocenters. The van der Waals surface area contributed by atoms with Gasteiger partial charge in [-0.25, -0.2) is 4.39 Å². The summed E-state index contributed by atoms with van der Waals surface area (Å²) < 4.78 is 13.3. The highest BCUT2D eigenvalue weighted by Gasteiger charge is 2.21. The molecule has 1 unspecified atom stereocenters. The number of carbonyl (C=O) groups is 1. The third kappa shape index (κ3) is 3.44. The van der Waals surface area contributed by atoms with Crippen LogP contribution in [-0.2, 0) is 11.2 Å². The number of benzene rings is 2. The first-order chi connectivity index (χ1) is 9.45. The van der Waals surface area contributed by atoms with E-state index >= 15 is 0 Å². The smallest absolute Gasteiger partial charge is 0.311 e. The highest BCUT2D eigenvalue weighted by atomic mass is 19.1. The lowest BCUT2D eigenvalue weighted by Gasteiger charge is -2.14. The number of hydrogen-bond donors (Lipinski definition) is 1. The third-order valence-corrected chi connectivity index (χ3v) is 3.27. The minimum atomic E-state index is -0.935. The van der Waals surface area contributed by atoms with Gasteiger partial charge in [-0.1, -0.05) is 41.5 Å². The van der Waals surface area contributed by atoms with Gasteiger partial charge in [-0.2, -0.15) is 0 Å². The summed E-state index contributed by atoms with van der Waals surface area (Å²) in [5.41, 5.74) is 3.66. The molecule has 104 valence electrons. The Labute approximate surface area is 117 Å². The van der Waals surface area contributed by atoms with Gasteiger partial charge in [-0.3, -0.25) is 4.79 Å². The number of aryl methyl sites for hydroxylation is 2. The van der Waals surface area contributed by atoms with Gasteiger partial charge in [0, 0.05) is 0 Å². The van der Waals surface area contributed by atoms with E-state index in [4.69, 9.17) is 0 Å². The first kappa shape index (κ1) is 14.3. The van der Waals surface area contributed by atoms with E-state index in [1.807, 2.05) is 32.0 Å². The fourth-order valence-electron chi connectivity index (χ4n) is 2.49. The van der Waals surface area contributed by atoms with Crippen LogP contribution in [0.2, 0.25) is 0 Å². The number of hydrogen-bond acceptors (Lipinski definition) is 1. The van der Waals surface area contributed by atoms with Crippen LogP contribution in [0.4, 0.5) is 4.39 Å². The van der Waals surface area contributed by atoms with E-state index < -0.39 is 17.7 Å². The van der Waals surface area contributed by atoms with Crippen molar-refractivity contribution in [2.75, 3.05) is 0 Å². The molecule has 20 heavy (non-hydrogen) atoms. The predicted molar refractivity (Wildman–Crippen MR) is 76.4 cm³/mol. The van der Waals surface area contributed by atoms with Gasteiger partial charge in [-0.05, 0) is 43.5 Å². The summed E-state index contributed by atoms with van der Waals surface area (Å²) >= 11 is 0. The first-order valence-corrected chi connectivity index (χ1v) is 6.51. The minimum Gasteiger partial charge on any atom is -0.481 e. The largest absolute Gasteiger partial charge is 0.481 e. The van der Waals surface area contributed by atoms with Crippen LogP contribution in [0.5, 0.6) is 0 Å². The zero-order valence-corrected chi connectivity index (χ0v) is 11.6. The number of aliphatic carboxylic acids is 1. The molecule has 3 heteroatoms. The van der Waals surface area contributed by atoms with Crippen LogP contribution in [0, 0.1) is 19.7 Å². The van der Waals surface area contributed by atoms with Crippen LogP contribution in [-0.4, -0.2) is 11.1 Å². The van der Waals surface area contributed by atoms with E-state index in [-0.39, 0.29) is 0 Å². The van der Waals surface area contributed by atoms with Crippen molar-refractivity contribution < 1.29 is 14.3 Å². The Kier molecular flexibility index (Phi) is 4.18. The highest BCUT2D eigenvalue weighted by molar-refractivity contribution is 5.76. The molecular weight excluding hydrogens is 255 g/mol. The van der Waals surface area contributed by atoms with Crippen LogP contribution in [0.3, 0.4) is 0 Å². The Morgan fingerprint density at radius 3 is 2.35 bits per heavy atom. The summed E-state index contributed by atoms with van der Waals surface area (Å²) in [5, 5.41) is 9.40. The Morgan fingerprint density at radius 2 is 1.80 bits per heavy atom. The van der Waals surface area contributed by atoms with Crippen LogP contribution in [0.15, 0.2) is 42.5 Å². The Balaban J connectivity index is 2.33. The number of carboxylic acid groups (broad SMARTS) is 1. The fraction of sp³-hybridized carbons (Fsp3) is 0.235. The quantitative estimate of drug-likeness (QED) is 0.917. The molecule has 0 aromatic heterocycles. The van der Waals surface area contributed by atoms with E-state index in [1.165, 1.54) is 12.1 Å². The van der Waals surface area contributed by atoms with Crippen LogP contribution >= 0.6 is 0 Å². The summed E-state index contributed by atoms with van der Waals surface area (Å²) in [6.07, 6.45) is 0.362. The molecular formula is C17H17FO2. The molecule has 0 saturated carbocycles. The summed E-state index contributed by atoms with van der Waals surface area (Å²) in [5.74, 6) is -2.07. The fourth-order valence-corrected chi connectivity index (χ4v) is 2.49. The van der Waals surface area contributed by atoms with E-state index in [2.05, 4.69) is 0 Å². The Hall–Kier alpha value is -2.16. The third-order valence-electron chi connectivity index (χ3n) is 3.27. The van der Waals surface area contributed by atoms with Crippen molar-refractivity contribution in [1.82, 2.24) is 0 Å². The highest BCUT2D eigenvalue weighted by Crippen LogP contribution is 2.23. The van der Waals surface area contributed by atoms with Crippen molar-refractivity contribution in [1.29, 1.82) is 0 Å². The summed E-state index contributed by atoms with van der Waals surface area (Å²) in [7, 11) is 0. The zero-order chi connectivity index (χ0) is 14.7. The van der Waals surface area contributed by atoms with E-state index in [0.29, 0.717) is 12.0 Å². The molecule has 2 aromatic carbocycles. The molecule has 0 aliphatic carbocycles. The van der Waals surface area contributed by atoms with Crippen molar-refractivity contribution in [2.45, 2.75) is 26.2 Å². The number of rotatable bonds is 4. The molecule has 0 amide bonds. The van der Waals surface area contributed by atoms with Gasteiger partial charge in [0.05, 0.1) is 5.92 Å². The molecule has 2 nitrogen and oxygen atoms in total. The van der Waals surface area contributed by atoms with Gasteiger partial charge in [0.2, 0.25) is 0 Å². The Morgan fingerprint density at radius 1 is 1.15 bits per heavy atom. The zero-order valence-electron chi connectivity index (χ0n) is 11.6. The first-order valence-electron chi connectivity index (χ1n) is 6.51. The molecule has 0 bridgehead atoms. The second kappa shape index (κ2) is 5.87. The normalized spacial score (nSPS) is 12.2. The lowest BCUT2D eigenvalue weighted by atomic mass is 9.91. The SMILES string of the molecule is Cc1cc(C)cc(CC(C(=O)O)c2cccc(F)c2)c1. The lowest BCUT2D eigenvalue weighted by Crippen LogP contribution is -2.14. The standard InChI is InChI=1S/C17H17FO2/c1-11-6-12(2)8-13(7-11)9-16(17(19)20)14-4-3-5-15(18)10-14/h3-8,10,16H,9H2,1-2H3,(H,19,20). The molecule has 1 N–H and O–H groups in total. The number of carboxylic acids is 1. The van der Waals surface area contributed by atoms with E-state index in [9.17, 15) is 14.3 Å². The summed E-state index contributed by atoms with van der Waals surface area (Å²) in [4.78, 5) is 11.5. The van der Waals surface area contributed by atoms with E-state index in [0.717, 1.165) is 16.7 Å². The van der Waals surface area contributed by atoms with Crippen molar-refractivity contribution in [2.24, 2.45) is 0 Å². The van der Waals surface area contributed by atoms with Crippen molar-refractivity contribution in [3.05, 3.63) is 70.5 Å². The molecule has 0 spiro atoms. The molecule has 0 aliphatic heterocycles. The molecule has 0 heterocycles. The molecule has 0 saturated heterocycles. The minimum absolute atomic E-state index is 0.362. The molecule has 2 rings (SSSR count). The van der Waals surface area contributed by atoms with E-state index in [1.54, 1.807) is 12.1 Å². The maximum absolute atomic E-state index is 13.3. The lowest BCUT2D eigenvalue weighted by molar-refractivity contribution is -0.138. The maximum atomic E-state index is 13.3. The summed E-state index contributed by atoms with van der Waals surface area (Å²) in [6.45, 7) is 3.96.